The van der Waals surface area contributed by atoms with E-state index < -0.39 is 69.3 Å². The van der Waals surface area contributed by atoms with Crippen LogP contribution in [-0.2, 0) is 26.0 Å². The van der Waals surface area contributed by atoms with Crippen LogP contribution in [0, 0.1) is 5.92 Å². The lowest BCUT2D eigenvalue weighted by Crippen LogP contribution is -2.57. The molecule has 244 valence electrons. The zero-order valence-corrected chi connectivity index (χ0v) is 26.9. The van der Waals surface area contributed by atoms with E-state index in [-0.39, 0.29) is 24.6 Å². The van der Waals surface area contributed by atoms with Crippen molar-refractivity contribution in [3.05, 3.63) is 66.0 Å². The monoisotopic (exact) mass is 632 g/mol. The molecule has 1 aromatic heterocycles. The highest BCUT2D eigenvalue weighted by molar-refractivity contribution is 7.92. The molecule has 0 saturated carbocycles. The number of aliphatic hydroxyl groups excluding tert-OH is 2. The zero-order chi connectivity index (χ0) is 32.7. The van der Waals surface area contributed by atoms with E-state index in [2.05, 4.69) is 20.9 Å². The molecule has 1 aromatic carbocycles. The first-order chi connectivity index (χ1) is 20.9. The summed E-state index contributed by atoms with van der Waals surface area (Å²) in [5.74, 6) is -2.72. The Morgan fingerprint density at radius 2 is 1.55 bits per heavy atom. The number of hydrogen-bond donors (Lipinski definition) is 5. The minimum absolute atomic E-state index is 0.0112. The Bertz CT molecular complexity index is 1270. The smallest absolute Gasteiger partial charge is 0.270 e. The van der Waals surface area contributed by atoms with Gasteiger partial charge in [0.25, 0.3) is 5.91 Å². The van der Waals surface area contributed by atoms with Gasteiger partial charge in [0.15, 0.2) is 9.84 Å². The summed E-state index contributed by atoms with van der Waals surface area (Å²) in [5.41, 5.74) is 0.881. The van der Waals surface area contributed by atoms with Crippen LogP contribution < -0.4 is 16.0 Å². The predicted molar refractivity (Wildman–Crippen MR) is 169 cm³/mol. The zero-order valence-electron chi connectivity index (χ0n) is 26.1. The van der Waals surface area contributed by atoms with Gasteiger partial charge < -0.3 is 26.2 Å². The van der Waals surface area contributed by atoms with Crippen molar-refractivity contribution in [2.75, 3.05) is 5.75 Å². The number of rotatable bonds is 19. The van der Waals surface area contributed by atoms with Crippen molar-refractivity contribution in [3.8, 4) is 0 Å². The normalized spacial score (nSPS) is 14.5. The summed E-state index contributed by atoms with van der Waals surface area (Å²) in [4.78, 5) is 43.1. The molecule has 0 aliphatic heterocycles. The van der Waals surface area contributed by atoms with E-state index in [0.717, 1.165) is 5.56 Å². The highest BCUT2D eigenvalue weighted by Crippen LogP contribution is 2.18. The van der Waals surface area contributed by atoms with E-state index in [1.54, 1.807) is 12.1 Å². The summed E-state index contributed by atoms with van der Waals surface area (Å²) in [6, 6.07) is 11.4. The average molecular weight is 633 g/mol. The number of benzene rings is 1. The number of pyridine rings is 1. The number of aromatic nitrogens is 1. The van der Waals surface area contributed by atoms with Gasteiger partial charge in [0.1, 0.15) is 17.8 Å². The van der Waals surface area contributed by atoms with Gasteiger partial charge in [0.05, 0.1) is 29.6 Å². The highest BCUT2D eigenvalue weighted by atomic mass is 32.2. The van der Waals surface area contributed by atoms with Gasteiger partial charge in [-0.05, 0) is 42.9 Å². The third-order valence-electron chi connectivity index (χ3n) is 7.23. The van der Waals surface area contributed by atoms with Gasteiger partial charge in [-0.2, -0.15) is 0 Å². The van der Waals surface area contributed by atoms with Crippen molar-refractivity contribution in [3.63, 3.8) is 0 Å². The Hall–Kier alpha value is -3.35. The van der Waals surface area contributed by atoms with Crippen molar-refractivity contribution in [2.24, 2.45) is 5.92 Å². The second-order valence-electron chi connectivity index (χ2n) is 11.5. The minimum atomic E-state index is -3.82. The third kappa shape index (κ3) is 12.3. The van der Waals surface area contributed by atoms with Crippen LogP contribution in [0.5, 0.6) is 0 Å². The van der Waals surface area contributed by atoms with Crippen LogP contribution >= 0.6 is 0 Å². The molecular weight excluding hydrogens is 584 g/mol. The van der Waals surface area contributed by atoms with Crippen molar-refractivity contribution in [1.82, 2.24) is 20.9 Å². The van der Waals surface area contributed by atoms with E-state index in [4.69, 9.17) is 0 Å². The molecule has 2 aromatic rings. The molecule has 0 aliphatic rings. The molecule has 1 unspecified atom stereocenters. The van der Waals surface area contributed by atoms with Gasteiger partial charge in [-0.15, -0.1) is 0 Å². The number of carbonyl (C=O) groups excluding carboxylic acids is 3. The number of nitrogens with zero attached hydrogens (tertiary/aromatic N) is 1. The standard InChI is InChI=1S/C32H48N4O7S/c1-5-12-24(13-6-2)44(42,43)21-27(36-31(40)25-16-10-11-17-33-25)32(41)35-26(18-22(3)4)30(39)28(37)19-29(38)34-20-23-14-8-7-9-15-23/h7-11,14-17,22,24,26-28,30,37,39H,5-6,12-13,18-21H2,1-4H3,(H,34,38)(H,35,41)(H,36,40)/t26-,27?,28+,30+/m0/s1. The number of nitrogens with one attached hydrogen (secondary N) is 3. The van der Waals surface area contributed by atoms with E-state index in [1.807, 2.05) is 58.0 Å². The second kappa shape index (κ2) is 18.5. The summed E-state index contributed by atoms with van der Waals surface area (Å²) in [7, 11) is -3.82. The highest BCUT2D eigenvalue weighted by Gasteiger charge is 2.36. The molecular formula is C32H48N4O7S. The van der Waals surface area contributed by atoms with Gasteiger partial charge >= 0.3 is 0 Å². The largest absolute Gasteiger partial charge is 0.390 e. The molecule has 4 atom stereocenters. The molecule has 0 spiro atoms. The van der Waals surface area contributed by atoms with Crippen molar-refractivity contribution >= 4 is 27.6 Å². The molecule has 0 saturated heterocycles. The van der Waals surface area contributed by atoms with Gasteiger partial charge in [-0.25, -0.2) is 8.42 Å². The fourth-order valence-corrected chi connectivity index (χ4v) is 7.11. The lowest BCUT2D eigenvalue weighted by atomic mass is 9.94. The SMILES string of the molecule is CCCC(CCC)S(=O)(=O)CC(NC(=O)c1ccccn1)C(=O)N[C@@H](CC(C)C)[C@@H](O)[C@H](O)CC(=O)NCc1ccccc1. The summed E-state index contributed by atoms with van der Waals surface area (Å²) in [6.45, 7) is 7.73. The lowest BCUT2D eigenvalue weighted by Gasteiger charge is -2.31. The van der Waals surface area contributed by atoms with Gasteiger partial charge in [0.2, 0.25) is 11.8 Å². The summed E-state index contributed by atoms with van der Waals surface area (Å²) < 4.78 is 26.9. The van der Waals surface area contributed by atoms with Crippen molar-refractivity contribution in [2.45, 2.75) is 102 Å². The minimum Gasteiger partial charge on any atom is -0.390 e. The maximum absolute atomic E-state index is 13.6. The number of amides is 3. The Kier molecular flexibility index (Phi) is 15.5. The first-order valence-electron chi connectivity index (χ1n) is 15.3. The van der Waals surface area contributed by atoms with Crippen LogP contribution in [0.4, 0.5) is 0 Å². The maximum Gasteiger partial charge on any atom is 0.270 e. The fourth-order valence-electron chi connectivity index (χ4n) is 4.95. The van der Waals surface area contributed by atoms with E-state index >= 15 is 0 Å². The third-order valence-corrected chi connectivity index (χ3v) is 9.52. The summed E-state index contributed by atoms with van der Waals surface area (Å²) >= 11 is 0. The second-order valence-corrected chi connectivity index (χ2v) is 13.9. The molecule has 0 radical (unpaired) electrons. The molecule has 0 fully saturated rings. The fraction of sp³-hybridized carbons (Fsp3) is 0.562. The van der Waals surface area contributed by atoms with Crippen molar-refractivity contribution < 1.29 is 33.0 Å². The Morgan fingerprint density at radius 1 is 0.909 bits per heavy atom. The van der Waals surface area contributed by atoms with E-state index in [0.29, 0.717) is 25.7 Å². The topological polar surface area (TPSA) is 175 Å². The van der Waals surface area contributed by atoms with E-state index in [9.17, 15) is 33.0 Å². The number of carbonyl (C=O) groups is 3. The van der Waals surface area contributed by atoms with E-state index in [1.165, 1.54) is 12.3 Å². The van der Waals surface area contributed by atoms with Crippen LogP contribution in [-0.4, -0.2) is 76.6 Å². The van der Waals surface area contributed by atoms with Gasteiger partial charge in [-0.3, -0.25) is 19.4 Å². The van der Waals surface area contributed by atoms with Gasteiger partial charge in [-0.1, -0.05) is 76.9 Å². The van der Waals surface area contributed by atoms with Crippen LogP contribution in [0.3, 0.4) is 0 Å². The Balaban J connectivity index is 2.23. The van der Waals surface area contributed by atoms with Crippen molar-refractivity contribution in [1.29, 1.82) is 0 Å². The molecule has 3 amide bonds. The van der Waals surface area contributed by atoms with Crippen LogP contribution in [0.2, 0.25) is 0 Å². The quantitative estimate of drug-likeness (QED) is 0.157. The van der Waals surface area contributed by atoms with Gasteiger partial charge in [0, 0.05) is 12.7 Å². The molecule has 44 heavy (non-hydrogen) atoms. The molecule has 1 heterocycles. The van der Waals surface area contributed by atoms with Crippen LogP contribution in [0.15, 0.2) is 54.7 Å². The summed E-state index contributed by atoms with van der Waals surface area (Å²) in [6.07, 6.45) is 0.281. The van der Waals surface area contributed by atoms with Crippen LogP contribution in [0.1, 0.15) is 82.3 Å². The molecule has 11 nitrogen and oxygen atoms in total. The lowest BCUT2D eigenvalue weighted by molar-refractivity contribution is -0.127. The predicted octanol–water partition coefficient (Wildman–Crippen LogP) is 2.52. The summed E-state index contributed by atoms with van der Waals surface area (Å²) in [5, 5.41) is 29.0. The molecule has 0 bridgehead atoms. The number of hydrogen-bond acceptors (Lipinski definition) is 8. The average Bonchev–Trinajstić information content (AvgIpc) is 2.99. The molecule has 5 N–H and O–H groups in total. The van der Waals surface area contributed by atoms with Crippen LogP contribution in [0.25, 0.3) is 0 Å². The first kappa shape index (κ1) is 36.8. The first-order valence-corrected chi connectivity index (χ1v) is 17.0. The number of sulfone groups is 1. The Morgan fingerprint density at radius 3 is 2.11 bits per heavy atom. The molecule has 12 heteroatoms. The molecule has 0 aliphatic carbocycles. The molecule has 2 rings (SSSR count). The number of aliphatic hydroxyl groups is 2. The Labute approximate surface area is 261 Å². The maximum atomic E-state index is 13.6.